The molecule has 2 saturated heterocycles. The molecule has 2 aliphatic rings. The van der Waals surface area contributed by atoms with Crippen molar-refractivity contribution in [3.05, 3.63) is 54.1 Å². The van der Waals surface area contributed by atoms with Crippen molar-refractivity contribution in [1.29, 1.82) is 0 Å². The zero-order valence-electron chi connectivity index (χ0n) is 15.1. The molecule has 6 nitrogen and oxygen atoms in total. The Morgan fingerprint density at radius 3 is 2.92 bits per heavy atom. The van der Waals surface area contributed by atoms with E-state index in [1.165, 1.54) is 0 Å². The summed E-state index contributed by atoms with van der Waals surface area (Å²) in [5.74, 6) is 0.938. The topological polar surface area (TPSA) is 56.6 Å². The van der Waals surface area contributed by atoms with Crippen LogP contribution in [0.25, 0.3) is 0 Å². The van der Waals surface area contributed by atoms with E-state index < -0.39 is 0 Å². The van der Waals surface area contributed by atoms with Gasteiger partial charge in [0.25, 0.3) is 0 Å². The monoisotopic (exact) mass is 355 g/mol. The summed E-state index contributed by atoms with van der Waals surface area (Å²) in [6.45, 7) is 4.70. The van der Waals surface area contributed by atoms with Gasteiger partial charge in [0.15, 0.2) is 0 Å². The molecule has 4 rings (SSSR count). The predicted molar refractivity (Wildman–Crippen MR) is 96.5 cm³/mol. The quantitative estimate of drug-likeness (QED) is 0.825. The van der Waals surface area contributed by atoms with Crippen LogP contribution in [0.15, 0.2) is 42.7 Å². The molecule has 3 heterocycles. The molecule has 1 spiro atoms. The highest BCUT2D eigenvalue weighted by molar-refractivity contribution is 5.76. The van der Waals surface area contributed by atoms with Crippen molar-refractivity contribution in [1.82, 2.24) is 14.5 Å². The van der Waals surface area contributed by atoms with E-state index in [-0.39, 0.29) is 17.6 Å². The first-order valence-electron chi connectivity index (χ1n) is 9.21. The van der Waals surface area contributed by atoms with Crippen LogP contribution in [0.4, 0.5) is 0 Å². The van der Waals surface area contributed by atoms with Gasteiger partial charge >= 0.3 is 0 Å². The van der Waals surface area contributed by atoms with E-state index in [9.17, 15) is 4.79 Å². The number of aryl methyl sites for hydroxylation is 1. The number of ether oxygens (including phenoxy) is 2. The number of carbonyl (C=O) groups excluding carboxylic acids is 1. The molecule has 1 amide bonds. The lowest BCUT2D eigenvalue weighted by Crippen LogP contribution is -2.42. The fraction of sp³-hybridized carbons (Fsp3) is 0.500. The van der Waals surface area contributed by atoms with Crippen LogP contribution >= 0.6 is 0 Å². The number of imidazole rings is 1. The van der Waals surface area contributed by atoms with Crippen LogP contribution in [0.2, 0.25) is 0 Å². The Labute approximate surface area is 153 Å². The predicted octanol–water partition coefficient (Wildman–Crippen LogP) is 2.17. The molecule has 2 aliphatic heterocycles. The van der Waals surface area contributed by atoms with Gasteiger partial charge in [-0.25, -0.2) is 4.98 Å². The first kappa shape index (κ1) is 17.2. The summed E-state index contributed by atoms with van der Waals surface area (Å²) in [5.41, 5.74) is 0.786. The molecule has 0 radical (unpaired) electrons. The maximum atomic E-state index is 12.8. The summed E-state index contributed by atoms with van der Waals surface area (Å²) in [6.07, 6.45) is 5.45. The van der Waals surface area contributed by atoms with Gasteiger partial charge in [-0.3, -0.25) is 4.79 Å². The molecule has 138 valence electrons. The summed E-state index contributed by atoms with van der Waals surface area (Å²) in [5, 5.41) is 0. The van der Waals surface area contributed by atoms with Crippen molar-refractivity contribution in [2.45, 2.75) is 44.6 Å². The normalized spacial score (nSPS) is 25.3. The lowest BCUT2D eigenvalue weighted by Gasteiger charge is -2.28. The van der Waals surface area contributed by atoms with E-state index in [1.807, 2.05) is 40.8 Å². The summed E-state index contributed by atoms with van der Waals surface area (Å²) in [4.78, 5) is 18.9. The molecule has 2 aromatic rings. The largest absolute Gasteiger partial charge is 0.370 e. The standard InChI is InChI=1S/C20H25N3O3/c1-16-21-9-10-22(16)13-19(24)23-12-18(20(15-23)8-5-11-26-20)25-14-17-6-3-2-4-7-17/h2-4,6-7,9-10,18H,5,8,11-15H2,1H3/t18-,20-/m0/s1. The summed E-state index contributed by atoms with van der Waals surface area (Å²) >= 11 is 0. The third kappa shape index (κ3) is 3.39. The second-order valence-corrected chi connectivity index (χ2v) is 7.18. The molecule has 0 N–H and O–H groups in total. The average molecular weight is 355 g/mol. The molecule has 0 unspecified atom stereocenters. The molecule has 2 atom stereocenters. The second kappa shape index (κ2) is 7.21. The van der Waals surface area contributed by atoms with Crippen LogP contribution in [0, 0.1) is 6.92 Å². The van der Waals surface area contributed by atoms with Gasteiger partial charge in [0.2, 0.25) is 5.91 Å². The number of carbonyl (C=O) groups is 1. The molecule has 1 aromatic heterocycles. The zero-order valence-corrected chi connectivity index (χ0v) is 15.1. The Bertz CT molecular complexity index is 753. The van der Waals surface area contributed by atoms with Gasteiger partial charge < -0.3 is 18.9 Å². The maximum absolute atomic E-state index is 12.8. The van der Waals surface area contributed by atoms with E-state index in [2.05, 4.69) is 17.1 Å². The van der Waals surface area contributed by atoms with Crippen LogP contribution in [0.5, 0.6) is 0 Å². The van der Waals surface area contributed by atoms with E-state index in [4.69, 9.17) is 9.47 Å². The molecule has 6 heteroatoms. The van der Waals surface area contributed by atoms with Crippen molar-refractivity contribution in [3.8, 4) is 0 Å². The van der Waals surface area contributed by atoms with Gasteiger partial charge in [0.05, 0.1) is 13.2 Å². The smallest absolute Gasteiger partial charge is 0.242 e. The van der Waals surface area contributed by atoms with Crippen molar-refractivity contribution in [2.24, 2.45) is 0 Å². The highest BCUT2D eigenvalue weighted by Gasteiger charge is 2.51. The van der Waals surface area contributed by atoms with E-state index >= 15 is 0 Å². The van der Waals surface area contributed by atoms with Crippen LogP contribution in [-0.4, -0.2) is 51.8 Å². The van der Waals surface area contributed by atoms with Crippen LogP contribution in [0.3, 0.4) is 0 Å². The number of hydrogen-bond donors (Lipinski definition) is 0. The molecule has 1 aromatic carbocycles. The number of rotatable bonds is 5. The number of likely N-dealkylation sites (tertiary alicyclic amines) is 1. The molecule has 0 bridgehead atoms. The summed E-state index contributed by atoms with van der Waals surface area (Å²) < 4.78 is 14.2. The van der Waals surface area contributed by atoms with E-state index in [0.717, 1.165) is 30.8 Å². The Balaban J connectivity index is 1.44. The van der Waals surface area contributed by atoms with E-state index in [1.54, 1.807) is 6.20 Å². The van der Waals surface area contributed by atoms with Crippen molar-refractivity contribution in [3.63, 3.8) is 0 Å². The minimum absolute atomic E-state index is 0.0851. The minimum atomic E-state index is -0.353. The molecular weight excluding hydrogens is 330 g/mol. The Kier molecular flexibility index (Phi) is 4.78. The number of amides is 1. The fourth-order valence-electron chi connectivity index (χ4n) is 3.94. The van der Waals surface area contributed by atoms with Crippen molar-refractivity contribution in [2.75, 3.05) is 19.7 Å². The second-order valence-electron chi connectivity index (χ2n) is 7.18. The number of aromatic nitrogens is 2. The molecule has 26 heavy (non-hydrogen) atoms. The van der Waals surface area contributed by atoms with Gasteiger partial charge in [-0.2, -0.15) is 0 Å². The third-order valence-corrected chi connectivity index (χ3v) is 5.44. The molecule has 2 fully saturated rings. The molecular formula is C20H25N3O3. The Morgan fingerprint density at radius 2 is 2.23 bits per heavy atom. The first-order chi connectivity index (χ1) is 12.7. The minimum Gasteiger partial charge on any atom is -0.370 e. The van der Waals surface area contributed by atoms with Gasteiger partial charge in [-0.15, -0.1) is 0 Å². The Morgan fingerprint density at radius 1 is 1.38 bits per heavy atom. The van der Waals surface area contributed by atoms with Gasteiger partial charge in [0, 0.05) is 25.5 Å². The zero-order chi connectivity index (χ0) is 18.0. The van der Waals surface area contributed by atoms with Gasteiger partial charge in [0.1, 0.15) is 24.1 Å². The van der Waals surface area contributed by atoms with Crippen LogP contribution < -0.4 is 0 Å². The lowest BCUT2D eigenvalue weighted by atomic mass is 9.96. The third-order valence-electron chi connectivity index (χ3n) is 5.44. The molecule has 0 saturated carbocycles. The average Bonchev–Trinajstić information content (AvgIpc) is 3.37. The van der Waals surface area contributed by atoms with Crippen molar-refractivity contribution >= 4 is 5.91 Å². The van der Waals surface area contributed by atoms with Crippen molar-refractivity contribution < 1.29 is 14.3 Å². The summed E-state index contributed by atoms with van der Waals surface area (Å²) in [6, 6.07) is 10.1. The first-order valence-corrected chi connectivity index (χ1v) is 9.21. The number of benzene rings is 1. The highest BCUT2D eigenvalue weighted by atomic mass is 16.6. The Hall–Kier alpha value is -2.18. The fourth-order valence-corrected chi connectivity index (χ4v) is 3.94. The highest BCUT2D eigenvalue weighted by Crippen LogP contribution is 2.37. The number of nitrogens with zero attached hydrogens (tertiary/aromatic N) is 3. The number of hydrogen-bond acceptors (Lipinski definition) is 4. The SMILES string of the molecule is Cc1nccn1CC(=O)N1C[C@H](OCc2ccccc2)[C@]2(CCCO2)C1. The van der Waals surface area contributed by atoms with Gasteiger partial charge in [-0.1, -0.05) is 30.3 Å². The van der Waals surface area contributed by atoms with Gasteiger partial charge in [-0.05, 0) is 25.3 Å². The van der Waals surface area contributed by atoms with Crippen LogP contribution in [-0.2, 0) is 27.4 Å². The molecule has 0 aliphatic carbocycles. The van der Waals surface area contributed by atoms with E-state index in [0.29, 0.717) is 26.2 Å². The van der Waals surface area contributed by atoms with Crippen LogP contribution in [0.1, 0.15) is 24.2 Å². The summed E-state index contributed by atoms with van der Waals surface area (Å²) in [7, 11) is 0. The maximum Gasteiger partial charge on any atom is 0.242 e. The lowest BCUT2D eigenvalue weighted by molar-refractivity contribution is -0.131.